The van der Waals surface area contributed by atoms with E-state index >= 15 is 0 Å². The summed E-state index contributed by atoms with van der Waals surface area (Å²) in [5.41, 5.74) is 0.688. The number of carbonyl (C=O) groups excluding carboxylic acids is 1. The van der Waals surface area contributed by atoms with Crippen LogP contribution in [0.4, 0.5) is 11.6 Å². The van der Waals surface area contributed by atoms with E-state index in [1.54, 1.807) is 18.2 Å². The SMILES string of the molecule is CNc1cc(N2CCN(C(=O)Cc3c(Cl)cccc3Cl)CC2)ncn1. The van der Waals surface area contributed by atoms with Crippen molar-refractivity contribution in [1.29, 1.82) is 0 Å². The molecule has 1 fully saturated rings. The van der Waals surface area contributed by atoms with E-state index < -0.39 is 0 Å². The molecule has 2 heterocycles. The fraction of sp³-hybridized carbons (Fsp3) is 0.353. The van der Waals surface area contributed by atoms with Gasteiger partial charge >= 0.3 is 0 Å². The van der Waals surface area contributed by atoms with E-state index in [1.165, 1.54) is 6.33 Å². The van der Waals surface area contributed by atoms with Crippen molar-refractivity contribution in [3.8, 4) is 0 Å². The summed E-state index contributed by atoms with van der Waals surface area (Å²) in [5.74, 6) is 1.67. The summed E-state index contributed by atoms with van der Waals surface area (Å²) in [6, 6.07) is 7.18. The highest BCUT2D eigenvalue weighted by molar-refractivity contribution is 6.36. The van der Waals surface area contributed by atoms with Crippen LogP contribution in [0.5, 0.6) is 0 Å². The van der Waals surface area contributed by atoms with E-state index in [2.05, 4.69) is 20.2 Å². The van der Waals surface area contributed by atoms with Crippen LogP contribution in [0.2, 0.25) is 10.0 Å². The predicted octanol–water partition coefficient (Wildman–Crippen LogP) is 2.72. The Hall–Kier alpha value is -2.05. The number of nitrogens with zero attached hydrogens (tertiary/aromatic N) is 4. The van der Waals surface area contributed by atoms with E-state index in [9.17, 15) is 4.79 Å². The first-order chi connectivity index (χ1) is 12.1. The largest absolute Gasteiger partial charge is 0.373 e. The molecule has 1 aliphatic heterocycles. The maximum Gasteiger partial charge on any atom is 0.227 e. The average Bonchev–Trinajstić information content (AvgIpc) is 2.65. The lowest BCUT2D eigenvalue weighted by Crippen LogP contribution is -2.49. The lowest BCUT2D eigenvalue weighted by atomic mass is 10.1. The Kier molecular flexibility index (Phi) is 5.60. The number of hydrogen-bond acceptors (Lipinski definition) is 5. The molecule has 0 atom stereocenters. The zero-order valence-electron chi connectivity index (χ0n) is 13.9. The fourth-order valence-corrected chi connectivity index (χ4v) is 3.34. The summed E-state index contributed by atoms with van der Waals surface area (Å²) >= 11 is 12.3. The number of carbonyl (C=O) groups is 1. The third kappa shape index (κ3) is 4.14. The molecule has 1 saturated heterocycles. The summed E-state index contributed by atoms with van der Waals surface area (Å²) in [5, 5.41) is 4.06. The quantitative estimate of drug-likeness (QED) is 0.884. The molecule has 25 heavy (non-hydrogen) atoms. The van der Waals surface area contributed by atoms with Gasteiger partial charge in [-0.15, -0.1) is 0 Å². The van der Waals surface area contributed by atoms with Gasteiger partial charge in [-0.3, -0.25) is 4.79 Å². The molecule has 0 bridgehead atoms. The lowest BCUT2D eigenvalue weighted by molar-refractivity contribution is -0.130. The second-order valence-corrected chi connectivity index (χ2v) is 6.57. The molecule has 0 aliphatic carbocycles. The predicted molar refractivity (Wildman–Crippen MR) is 101 cm³/mol. The third-order valence-electron chi connectivity index (χ3n) is 4.25. The van der Waals surface area contributed by atoms with Crippen molar-refractivity contribution in [3.05, 3.63) is 46.2 Å². The van der Waals surface area contributed by atoms with Crippen molar-refractivity contribution in [2.24, 2.45) is 0 Å². The second kappa shape index (κ2) is 7.89. The first-order valence-electron chi connectivity index (χ1n) is 8.04. The van der Waals surface area contributed by atoms with Crippen molar-refractivity contribution >= 4 is 40.7 Å². The molecule has 1 aliphatic rings. The maximum absolute atomic E-state index is 12.6. The number of hydrogen-bond donors (Lipinski definition) is 1. The molecule has 0 radical (unpaired) electrons. The van der Waals surface area contributed by atoms with Crippen LogP contribution in [0.25, 0.3) is 0 Å². The standard InChI is InChI=1S/C17H19Cl2N5O/c1-20-15-10-16(22-11-21-15)23-5-7-24(8-6-23)17(25)9-12-13(18)3-2-4-14(12)19/h2-4,10-11H,5-9H2,1H3,(H,20,21,22). The minimum absolute atomic E-state index is 0.0354. The third-order valence-corrected chi connectivity index (χ3v) is 4.96. The van der Waals surface area contributed by atoms with Gasteiger partial charge in [0.15, 0.2) is 0 Å². The summed E-state index contributed by atoms with van der Waals surface area (Å²) in [7, 11) is 1.82. The first-order valence-corrected chi connectivity index (χ1v) is 8.79. The molecule has 1 aromatic heterocycles. The van der Waals surface area contributed by atoms with Crippen LogP contribution in [0.15, 0.2) is 30.6 Å². The van der Waals surface area contributed by atoms with Gasteiger partial charge in [-0.1, -0.05) is 29.3 Å². The van der Waals surface area contributed by atoms with Crippen LogP contribution < -0.4 is 10.2 Å². The fourth-order valence-electron chi connectivity index (χ4n) is 2.81. The molecule has 1 N–H and O–H groups in total. The van der Waals surface area contributed by atoms with Gasteiger partial charge in [0.1, 0.15) is 18.0 Å². The van der Waals surface area contributed by atoms with E-state index in [0.29, 0.717) is 28.7 Å². The zero-order valence-corrected chi connectivity index (χ0v) is 15.4. The highest BCUT2D eigenvalue weighted by Gasteiger charge is 2.23. The maximum atomic E-state index is 12.6. The van der Waals surface area contributed by atoms with E-state index in [-0.39, 0.29) is 12.3 Å². The minimum Gasteiger partial charge on any atom is -0.373 e. The Labute approximate surface area is 156 Å². The van der Waals surface area contributed by atoms with Crippen LogP contribution in [-0.2, 0) is 11.2 Å². The lowest BCUT2D eigenvalue weighted by Gasteiger charge is -2.35. The Balaban J connectivity index is 1.61. The highest BCUT2D eigenvalue weighted by Crippen LogP contribution is 2.25. The summed E-state index contributed by atoms with van der Waals surface area (Å²) in [4.78, 5) is 25.0. The van der Waals surface area contributed by atoms with Gasteiger partial charge in [0, 0.05) is 49.3 Å². The van der Waals surface area contributed by atoms with Crippen LogP contribution in [-0.4, -0.2) is 54.0 Å². The number of aromatic nitrogens is 2. The van der Waals surface area contributed by atoms with Crippen LogP contribution in [0.3, 0.4) is 0 Å². The molecule has 8 heteroatoms. The van der Waals surface area contributed by atoms with Crippen LogP contribution >= 0.6 is 23.2 Å². The van der Waals surface area contributed by atoms with Crippen LogP contribution in [0, 0.1) is 0 Å². The molecule has 6 nitrogen and oxygen atoms in total. The monoisotopic (exact) mass is 379 g/mol. The van der Waals surface area contributed by atoms with Gasteiger partial charge in [0.2, 0.25) is 5.91 Å². The summed E-state index contributed by atoms with van der Waals surface area (Å²) < 4.78 is 0. The molecule has 0 unspecified atom stereocenters. The molecule has 0 spiro atoms. The normalized spacial score (nSPS) is 14.5. The minimum atomic E-state index is 0.0354. The Bertz CT molecular complexity index is 742. The molecule has 1 amide bonds. The summed E-state index contributed by atoms with van der Waals surface area (Å²) in [6.45, 7) is 2.73. The molecular formula is C17H19Cl2N5O. The Morgan fingerprint density at radius 2 is 1.84 bits per heavy atom. The van der Waals surface area contributed by atoms with Gasteiger partial charge in [0.05, 0.1) is 6.42 Å². The van der Waals surface area contributed by atoms with Crippen LogP contribution in [0.1, 0.15) is 5.56 Å². The zero-order chi connectivity index (χ0) is 17.8. The van der Waals surface area contributed by atoms with Gasteiger partial charge in [0.25, 0.3) is 0 Å². The number of piperazine rings is 1. The van der Waals surface area contributed by atoms with E-state index in [4.69, 9.17) is 23.2 Å². The Morgan fingerprint density at radius 3 is 2.48 bits per heavy atom. The van der Waals surface area contributed by atoms with Crippen molar-refractivity contribution in [1.82, 2.24) is 14.9 Å². The van der Waals surface area contributed by atoms with Crippen molar-refractivity contribution in [3.63, 3.8) is 0 Å². The second-order valence-electron chi connectivity index (χ2n) is 5.76. The molecule has 0 saturated carbocycles. The molecule has 3 rings (SSSR count). The topological polar surface area (TPSA) is 61.4 Å². The van der Waals surface area contributed by atoms with Gasteiger partial charge in [-0.25, -0.2) is 9.97 Å². The number of rotatable bonds is 4. The number of halogens is 2. The average molecular weight is 380 g/mol. The smallest absolute Gasteiger partial charge is 0.227 e. The van der Waals surface area contributed by atoms with Gasteiger partial charge < -0.3 is 15.1 Å². The van der Waals surface area contributed by atoms with Gasteiger partial charge in [-0.05, 0) is 17.7 Å². The number of nitrogens with one attached hydrogen (secondary N) is 1. The number of benzene rings is 1. The molecule has 2 aromatic rings. The Morgan fingerprint density at radius 1 is 1.16 bits per heavy atom. The van der Waals surface area contributed by atoms with Crippen molar-refractivity contribution in [2.75, 3.05) is 43.4 Å². The highest BCUT2D eigenvalue weighted by atomic mass is 35.5. The van der Waals surface area contributed by atoms with E-state index in [0.717, 1.165) is 24.7 Å². The molecule has 1 aromatic carbocycles. The first kappa shape index (κ1) is 17.8. The molecular weight excluding hydrogens is 361 g/mol. The number of anilines is 2. The van der Waals surface area contributed by atoms with Crippen molar-refractivity contribution in [2.45, 2.75) is 6.42 Å². The number of amides is 1. The molecule has 132 valence electrons. The van der Waals surface area contributed by atoms with Crippen molar-refractivity contribution < 1.29 is 4.79 Å². The van der Waals surface area contributed by atoms with Gasteiger partial charge in [-0.2, -0.15) is 0 Å². The summed E-state index contributed by atoms with van der Waals surface area (Å²) in [6.07, 6.45) is 1.76. The van der Waals surface area contributed by atoms with E-state index in [1.807, 2.05) is 18.0 Å².